The molecule has 0 aliphatic carbocycles. The number of nitrogen functional groups attached to an aromatic ring is 1. The number of hydrogen-bond acceptors (Lipinski definition) is 6. The number of nitrogens with zero attached hydrogens (tertiary/aromatic N) is 3. The molecule has 2 aromatic heterocycles. The highest BCUT2D eigenvalue weighted by molar-refractivity contribution is 7.18. The van der Waals surface area contributed by atoms with Crippen molar-refractivity contribution in [2.75, 3.05) is 25.1 Å². The van der Waals surface area contributed by atoms with E-state index in [1.807, 2.05) is 12.1 Å². The minimum atomic E-state index is -0.139. The standard InChI is InChI=1S/C12H15N5OS/c1-14-12-16-10(13)9(19-12)11(18)17(2)7-8-4-3-5-15-6-8/h3-6H,7,13H2,1-2H3,(H,14,16). The Morgan fingerprint density at radius 1 is 1.58 bits per heavy atom. The van der Waals surface area contributed by atoms with Crippen molar-refractivity contribution in [2.24, 2.45) is 0 Å². The highest BCUT2D eigenvalue weighted by atomic mass is 32.1. The fourth-order valence-corrected chi connectivity index (χ4v) is 2.44. The number of aromatic nitrogens is 2. The maximum Gasteiger partial charge on any atom is 0.267 e. The molecule has 2 rings (SSSR count). The van der Waals surface area contributed by atoms with Gasteiger partial charge < -0.3 is 16.0 Å². The van der Waals surface area contributed by atoms with E-state index in [1.54, 1.807) is 31.4 Å². The number of amides is 1. The molecule has 0 saturated carbocycles. The Labute approximate surface area is 115 Å². The molecule has 0 fully saturated rings. The van der Waals surface area contributed by atoms with E-state index in [2.05, 4.69) is 15.3 Å². The van der Waals surface area contributed by atoms with Gasteiger partial charge >= 0.3 is 0 Å². The van der Waals surface area contributed by atoms with E-state index in [4.69, 9.17) is 5.73 Å². The van der Waals surface area contributed by atoms with Crippen molar-refractivity contribution >= 4 is 28.2 Å². The van der Waals surface area contributed by atoms with Crippen LogP contribution in [0.5, 0.6) is 0 Å². The van der Waals surface area contributed by atoms with Crippen LogP contribution in [0, 0.1) is 0 Å². The second-order valence-electron chi connectivity index (χ2n) is 4.01. The first-order valence-electron chi connectivity index (χ1n) is 5.70. The van der Waals surface area contributed by atoms with E-state index in [0.29, 0.717) is 16.6 Å². The van der Waals surface area contributed by atoms with Gasteiger partial charge in [-0.15, -0.1) is 0 Å². The van der Waals surface area contributed by atoms with Crippen LogP contribution in [0.3, 0.4) is 0 Å². The molecule has 3 N–H and O–H groups in total. The molecule has 0 saturated heterocycles. The van der Waals surface area contributed by atoms with Gasteiger partial charge in [-0.2, -0.15) is 0 Å². The normalized spacial score (nSPS) is 10.2. The first kappa shape index (κ1) is 13.3. The zero-order chi connectivity index (χ0) is 13.8. The van der Waals surface area contributed by atoms with Gasteiger partial charge in [0, 0.05) is 33.0 Å². The fraction of sp³-hybridized carbons (Fsp3) is 0.250. The molecule has 6 nitrogen and oxygen atoms in total. The van der Waals surface area contributed by atoms with Crippen molar-refractivity contribution in [1.29, 1.82) is 0 Å². The molecular weight excluding hydrogens is 262 g/mol. The molecular formula is C12H15N5OS. The van der Waals surface area contributed by atoms with Gasteiger partial charge in [-0.25, -0.2) is 4.98 Å². The first-order valence-corrected chi connectivity index (χ1v) is 6.52. The van der Waals surface area contributed by atoms with Crippen molar-refractivity contribution in [1.82, 2.24) is 14.9 Å². The van der Waals surface area contributed by atoms with Gasteiger partial charge in [0.05, 0.1) is 0 Å². The Bertz CT molecular complexity index is 569. The number of carbonyl (C=O) groups excluding carboxylic acids is 1. The molecule has 0 aliphatic heterocycles. The van der Waals surface area contributed by atoms with E-state index in [1.165, 1.54) is 11.3 Å². The molecule has 2 heterocycles. The maximum atomic E-state index is 12.3. The Morgan fingerprint density at radius 3 is 2.95 bits per heavy atom. The van der Waals surface area contributed by atoms with Crippen molar-refractivity contribution in [3.63, 3.8) is 0 Å². The number of nitrogens with one attached hydrogen (secondary N) is 1. The second-order valence-corrected chi connectivity index (χ2v) is 5.00. The third kappa shape index (κ3) is 3.00. The summed E-state index contributed by atoms with van der Waals surface area (Å²) in [6.07, 6.45) is 3.44. The summed E-state index contributed by atoms with van der Waals surface area (Å²) in [6.45, 7) is 0.485. The van der Waals surface area contributed by atoms with Gasteiger partial charge in [0.25, 0.3) is 5.91 Å². The molecule has 7 heteroatoms. The Hall–Kier alpha value is -2.15. The number of nitrogens with two attached hydrogens (primary N) is 1. The lowest BCUT2D eigenvalue weighted by Gasteiger charge is -2.16. The SMILES string of the molecule is CNc1nc(N)c(C(=O)N(C)Cc2cccnc2)s1. The number of hydrogen-bond donors (Lipinski definition) is 2. The molecule has 1 amide bonds. The lowest BCUT2D eigenvalue weighted by Crippen LogP contribution is -2.26. The van der Waals surface area contributed by atoms with Crippen LogP contribution in [0.4, 0.5) is 10.9 Å². The van der Waals surface area contributed by atoms with Crippen LogP contribution in [-0.2, 0) is 6.54 Å². The highest BCUT2D eigenvalue weighted by Crippen LogP contribution is 2.25. The topological polar surface area (TPSA) is 84.1 Å². The zero-order valence-corrected chi connectivity index (χ0v) is 11.6. The number of pyridine rings is 1. The quantitative estimate of drug-likeness (QED) is 0.883. The van der Waals surface area contributed by atoms with E-state index in [0.717, 1.165) is 5.56 Å². The van der Waals surface area contributed by atoms with Crippen LogP contribution >= 0.6 is 11.3 Å². The predicted octanol–water partition coefficient (Wildman–Crippen LogP) is 1.43. The summed E-state index contributed by atoms with van der Waals surface area (Å²) in [5.41, 5.74) is 6.72. The van der Waals surface area contributed by atoms with Crippen LogP contribution in [0.2, 0.25) is 0 Å². The summed E-state index contributed by atoms with van der Waals surface area (Å²) in [5, 5.41) is 3.51. The zero-order valence-electron chi connectivity index (χ0n) is 10.8. The predicted molar refractivity (Wildman–Crippen MR) is 76.1 cm³/mol. The average molecular weight is 277 g/mol. The summed E-state index contributed by atoms with van der Waals surface area (Å²) in [6, 6.07) is 3.76. The monoisotopic (exact) mass is 277 g/mol. The highest BCUT2D eigenvalue weighted by Gasteiger charge is 2.19. The van der Waals surface area contributed by atoms with Crippen LogP contribution in [0.1, 0.15) is 15.2 Å². The van der Waals surface area contributed by atoms with Gasteiger partial charge in [-0.1, -0.05) is 17.4 Å². The molecule has 0 aromatic carbocycles. The molecule has 2 aromatic rings. The van der Waals surface area contributed by atoms with Gasteiger partial charge in [0.2, 0.25) is 0 Å². The number of anilines is 2. The molecule has 19 heavy (non-hydrogen) atoms. The smallest absolute Gasteiger partial charge is 0.267 e. The number of thiazole rings is 1. The number of carbonyl (C=O) groups is 1. The lowest BCUT2D eigenvalue weighted by molar-refractivity contribution is 0.0790. The summed E-state index contributed by atoms with van der Waals surface area (Å²) in [5.74, 6) is 0.123. The Morgan fingerprint density at radius 2 is 2.37 bits per heavy atom. The van der Waals surface area contributed by atoms with Crippen LogP contribution in [0.15, 0.2) is 24.5 Å². The third-order valence-electron chi connectivity index (χ3n) is 2.55. The van der Waals surface area contributed by atoms with Crippen molar-refractivity contribution in [2.45, 2.75) is 6.54 Å². The summed E-state index contributed by atoms with van der Waals surface area (Å²) < 4.78 is 0. The van der Waals surface area contributed by atoms with E-state index >= 15 is 0 Å². The van der Waals surface area contributed by atoms with Gasteiger partial charge in [0.15, 0.2) is 5.13 Å². The van der Waals surface area contributed by atoms with Crippen LogP contribution < -0.4 is 11.1 Å². The third-order valence-corrected chi connectivity index (χ3v) is 3.63. The summed E-state index contributed by atoms with van der Waals surface area (Å²) in [4.78, 5) is 22.4. The first-order chi connectivity index (χ1) is 9.11. The second kappa shape index (κ2) is 5.66. The Balaban J connectivity index is 2.12. The number of rotatable bonds is 4. The summed E-state index contributed by atoms with van der Waals surface area (Å²) >= 11 is 1.25. The van der Waals surface area contributed by atoms with Crippen LogP contribution in [0.25, 0.3) is 0 Å². The lowest BCUT2D eigenvalue weighted by atomic mass is 10.2. The van der Waals surface area contributed by atoms with Gasteiger partial charge in [0.1, 0.15) is 10.7 Å². The molecule has 0 atom stereocenters. The van der Waals surface area contributed by atoms with E-state index < -0.39 is 0 Å². The minimum Gasteiger partial charge on any atom is -0.382 e. The molecule has 0 unspecified atom stereocenters. The van der Waals surface area contributed by atoms with Crippen molar-refractivity contribution < 1.29 is 4.79 Å². The van der Waals surface area contributed by atoms with Gasteiger partial charge in [-0.05, 0) is 11.6 Å². The molecule has 0 bridgehead atoms. The molecule has 100 valence electrons. The largest absolute Gasteiger partial charge is 0.382 e. The van der Waals surface area contributed by atoms with E-state index in [-0.39, 0.29) is 11.7 Å². The summed E-state index contributed by atoms with van der Waals surface area (Å²) in [7, 11) is 3.47. The molecule has 0 spiro atoms. The molecule has 0 radical (unpaired) electrons. The Kier molecular flexibility index (Phi) is 3.96. The van der Waals surface area contributed by atoms with Crippen molar-refractivity contribution in [3.8, 4) is 0 Å². The molecule has 0 aliphatic rings. The van der Waals surface area contributed by atoms with Gasteiger partial charge in [-0.3, -0.25) is 9.78 Å². The van der Waals surface area contributed by atoms with Crippen LogP contribution in [-0.4, -0.2) is 34.9 Å². The fourth-order valence-electron chi connectivity index (χ4n) is 1.60. The average Bonchev–Trinajstić information content (AvgIpc) is 2.80. The van der Waals surface area contributed by atoms with E-state index in [9.17, 15) is 4.79 Å². The maximum absolute atomic E-state index is 12.3. The van der Waals surface area contributed by atoms with Crippen molar-refractivity contribution in [3.05, 3.63) is 35.0 Å². The minimum absolute atomic E-state index is 0.139.